The lowest BCUT2D eigenvalue weighted by Crippen LogP contribution is -2.33. The van der Waals surface area contributed by atoms with Gasteiger partial charge in [-0.3, -0.25) is 9.59 Å². The van der Waals surface area contributed by atoms with Crippen LogP contribution in [-0.2, 0) is 14.3 Å². The highest BCUT2D eigenvalue weighted by Gasteiger charge is 2.46. The highest BCUT2D eigenvalue weighted by Crippen LogP contribution is 2.41. The predicted octanol–water partition coefficient (Wildman–Crippen LogP) is 2.79. The van der Waals surface area contributed by atoms with Gasteiger partial charge in [-0.25, -0.2) is 0 Å². The molecule has 1 heterocycles. The van der Waals surface area contributed by atoms with Gasteiger partial charge in [0.25, 0.3) is 11.7 Å². The molecule has 9 heteroatoms. The average Bonchev–Trinajstić information content (AvgIpc) is 3.06. The second kappa shape index (κ2) is 10.5. The van der Waals surface area contributed by atoms with E-state index in [4.69, 9.17) is 30.9 Å². The predicted molar refractivity (Wildman–Crippen MR) is 118 cm³/mol. The number of aliphatic hydroxyl groups is 2. The van der Waals surface area contributed by atoms with Crippen molar-refractivity contribution < 1.29 is 34.0 Å². The second-order valence-corrected chi connectivity index (χ2v) is 7.39. The van der Waals surface area contributed by atoms with Crippen LogP contribution in [-0.4, -0.2) is 67.4 Å². The minimum Gasteiger partial charge on any atom is -0.507 e. The summed E-state index contributed by atoms with van der Waals surface area (Å²) in [6.45, 7) is 0.142. The molecule has 2 aromatic rings. The summed E-state index contributed by atoms with van der Waals surface area (Å²) in [7, 11) is 2.98. The van der Waals surface area contributed by atoms with Gasteiger partial charge in [-0.2, -0.15) is 0 Å². The Balaban J connectivity index is 2.11. The number of Topliss-reactive ketones (excluding diaryl/α,β-unsaturated/α-hetero) is 1. The fraction of sp³-hybridized carbons (Fsp3) is 0.304. The van der Waals surface area contributed by atoms with Gasteiger partial charge >= 0.3 is 0 Å². The monoisotopic (exact) mass is 461 g/mol. The Morgan fingerprint density at radius 1 is 1.03 bits per heavy atom. The molecule has 32 heavy (non-hydrogen) atoms. The maximum absolute atomic E-state index is 13.0. The van der Waals surface area contributed by atoms with E-state index in [0.29, 0.717) is 27.6 Å². The van der Waals surface area contributed by atoms with Crippen LogP contribution in [0.3, 0.4) is 0 Å². The summed E-state index contributed by atoms with van der Waals surface area (Å²) < 4.78 is 15.9. The van der Waals surface area contributed by atoms with Crippen LogP contribution in [0.4, 0.5) is 0 Å². The van der Waals surface area contributed by atoms with Gasteiger partial charge in [-0.1, -0.05) is 17.7 Å². The number of carbonyl (C=O) groups excluding carboxylic acids is 2. The van der Waals surface area contributed by atoms with E-state index in [9.17, 15) is 14.7 Å². The van der Waals surface area contributed by atoms with Crippen LogP contribution in [0.15, 0.2) is 48.0 Å². The fourth-order valence-electron chi connectivity index (χ4n) is 3.57. The summed E-state index contributed by atoms with van der Waals surface area (Å²) in [4.78, 5) is 27.2. The van der Waals surface area contributed by atoms with Crippen LogP contribution >= 0.6 is 11.6 Å². The number of hydrogen-bond donors (Lipinski definition) is 2. The van der Waals surface area contributed by atoms with Crippen molar-refractivity contribution in [1.29, 1.82) is 0 Å². The van der Waals surface area contributed by atoms with Crippen molar-refractivity contribution in [1.82, 2.24) is 4.90 Å². The molecule has 0 saturated carbocycles. The van der Waals surface area contributed by atoms with E-state index in [-0.39, 0.29) is 37.7 Å². The highest BCUT2D eigenvalue weighted by molar-refractivity contribution is 6.46. The van der Waals surface area contributed by atoms with Crippen LogP contribution in [0.25, 0.3) is 5.76 Å². The molecule has 1 aliphatic heterocycles. The standard InChI is InChI=1S/C23H24ClNO7/c1-30-17-8-5-15(13-18(17)31-2)20-19(21(27)14-3-6-16(24)7-4-14)22(28)23(29)25(20)9-11-32-12-10-26/h3-8,13,20,26-27H,9-12H2,1-2H3. The Bertz CT molecular complexity index is 1020. The molecule has 1 aliphatic rings. The Morgan fingerprint density at radius 2 is 1.72 bits per heavy atom. The fourth-order valence-corrected chi connectivity index (χ4v) is 3.70. The smallest absolute Gasteiger partial charge is 0.295 e. The van der Waals surface area contributed by atoms with Gasteiger partial charge in [0, 0.05) is 17.1 Å². The Morgan fingerprint density at radius 3 is 2.34 bits per heavy atom. The van der Waals surface area contributed by atoms with E-state index in [1.165, 1.54) is 19.1 Å². The van der Waals surface area contributed by atoms with Gasteiger partial charge in [0.1, 0.15) is 5.76 Å². The summed E-state index contributed by atoms with van der Waals surface area (Å²) in [5, 5.41) is 20.4. The number of aliphatic hydroxyl groups excluding tert-OH is 2. The molecule has 0 aliphatic carbocycles. The SMILES string of the molecule is COc1ccc(C2C(=C(O)c3ccc(Cl)cc3)C(=O)C(=O)N2CCOCCO)cc1OC. The molecular weight excluding hydrogens is 438 g/mol. The van der Waals surface area contributed by atoms with Crippen LogP contribution in [0.1, 0.15) is 17.2 Å². The Labute approximate surface area is 190 Å². The largest absolute Gasteiger partial charge is 0.507 e. The molecule has 1 fully saturated rings. The minimum absolute atomic E-state index is 0.0494. The first-order valence-corrected chi connectivity index (χ1v) is 10.3. The van der Waals surface area contributed by atoms with Gasteiger partial charge in [0.15, 0.2) is 11.5 Å². The van der Waals surface area contributed by atoms with Crippen LogP contribution in [0.2, 0.25) is 5.02 Å². The molecule has 1 saturated heterocycles. The zero-order valence-corrected chi connectivity index (χ0v) is 18.5. The van der Waals surface area contributed by atoms with Crippen molar-refractivity contribution in [2.45, 2.75) is 6.04 Å². The lowest BCUT2D eigenvalue weighted by atomic mass is 9.95. The zero-order chi connectivity index (χ0) is 23.3. The third-order valence-corrected chi connectivity index (χ3v) is 5.35. The number of nitrogens with zero attached hydrogens (tertiary/aromatic N) is 1. The second-order valence-electron chi connectivity index (χ2n) is 6.95. The quantitative estimate of drug-likeness (QED) is 0.256. The topological polar surface area (TPSA) is 106 Å². The molecule has 170 valence electrons. The Hall–Kier alpha value is -3.07. The van der Waals surface area contributed by atoms with Crippen LogP contribution in [0.5, 0.6) is 11.5 Å². The Kier molecular flexibility index (Phi) is 7.74. The lowest BCUT2D eigenvalue weighted by molar-refractivity contribution is -0.140. The van der Waals surface area contributed by atoms with Crippen molar-refractivity contribution in [2.24, 2.45) is 0 Å². The normalized spacial score (nSPS) is 17.6. The average molecular weight is 462 g/mol. The maximum Gasteiger partial charge on any atom is 0.295 e. The first-order chi connectivity index (χ1) is 15.4. The molecule has 2 aromatic carbocycles. The molecule has 0 bridgehead atoms. The zero-order valence-electron chi connectivity index (χ0n) is 17.7. The number of likely N-dealkylation sites (tertiary alicyclic amines) is 1. The van der Waals surface area contributed by atoms with Gasteiger partial charge < -0.3 is 29.3 Å². The van der Waals surface area contributed by atoms with Crippen LogP contribution in [0, 0.1) is 0 Å². The van der Waals surface area contributed by atoms with Gasteiger partial charge in [0.2, 0.25) is 0 Å². The summed E-state index contributed by atoms with van der Waals surface area (Å²) in [6.07, 6.45) is 0. The first-order valence-electron chi connectivity index (χ1n) is 9.87. The van der Waals surface area contributed by atoms with E-state index < -0.39 is 17.7 Å². The number of rotatable bonds is 9. The van der Waals surface area contributed by atoms with E-state index >= 15 is 0 Å². The van der Waals surface area contributed by atoms with Crippen molar-refractivity contribution in [3.63, 3.8) is 0 Å². The third kappa shape index (κ3) is 4.72. The number of hydrogen-bond acceptors (Lipinski definition) is 7. The molecule has 8 nitrogen and oxygen atoms in total. The number of benzene rings is 2. The molecule has 0 spiro atoms. The molecule has 0 aromatic heterocycles. The van der Waals surface area contributed by atoms with Gasteiger partial charge in [0.05, 0.1) is 45.7 Å². The number of methoxy groups -OCH3 is 2. The molecule has 2 N–H and O–H groups in total. The summed E-state index contributed by atoms with van der Waals surface area (Å²) in [6, 6.07) is 10.5. The maximum atomic E-state index is 13.0. The number of ketones is 1. The lowest BCUT2D eigenvalue weighted by Gasteiger charge is -2.26. The molecule has 1 atom stereocenters. The summed E-state index contributed by atoms with van der Waals surface area (Å²) >= 11 is 5.94. The van der Waals surface area contributed by atoms with Crippen molar-refractivity contribution >= 4 is 29.1 Å². The van der Waals surface area contributed by atoms with E-state index in [0.717, 1.165) is 0 Å². The number of ether oxygens (including phenoxy) is 3. The molecule has 3 rings (SSSR count). The summed E-state index contributed by atoms with van der Waals surface area (Å²) in [5.74, 6) is -0.971. The van der Waals surface area contributed by atoms with E-state index in [1.807, 2.05) is 0 Å². The number of carbonyl (C=O) groups is 2. The van der Waals surface area contributed by atoms with Crippen molar-refractivity contribution in [3.05, 3.63) is 64.2 Å². The van der Waals surface area contributed by atoms with E-state index in [1.54, 1.807) is 42.5 Å². The first kappa shape index (κ1) is 23.6. The number of amides is 1. The van der Waals surface area contributed by atoms with E-state index in [2.05, 4.69) is 0 Å². The summed E-state index contributed by atoms with van der Waals surface area (Å²) in [5.41, 5.74) is 0.862. The highest BCUT2D eigenvalue weighted by atomic mass is 35.5. The molecule has 1 amide bonds. The number of halogens is 1. The minimum atomic E-state index is -0.872. The van der Waals surface area contributed by atoms with Crippen molar-refractivity contribution in [3.8, 4) is 11.5 Å². The van der Waals surface area contributed by atoms with Crippen LogP contribution < -0.4 is 9.47 Å². The molecular formula is C23H24ClNO7. The van der Waals surface area contributed by atoms with Gasteiger partial charge in [-0.15, -0.1) is 0 Å². The molecule has 0 radical (unpaired) electrons. The third-order valence-electron chi connectivity index (χ3n) is 5.09. The van der Waals surface area contributed by atoms with Crippen molar-refractivity contribution in [2.75, 3.05) is 40.6 Å². The van der Waals surface area contributed by atoms with Gasteiger partial charge in [-0.05, 0) is 42.0 Å². The molecule has 1 unspecified atom stereocenters.